The first-order valence-corrected chi connectivity index (χ1v) is 14.2. The van der Waals surface area contributed by atoms with Gasteiger partial charge >= 0.3 is 5.97 Å². The number of likely N-dealkylation sites (tertiary alicyclic amines) is 1. The van der Waals surface area contributed by atoms with Crippen molar-refractivity contribution in [2.24, 2.45) is 17.8 Å². The molecule has 0 aromatic rings. The molecule has 3 saturated heterocycles. The van der Waals surface area contributed by atoms with Crippen LogP contribution in [0.2, 0.25) is 0 Å². The quantitative estimate of drug-likeness (QED) is 0.294. The smallest absolute Gasteiger partial charge is 0.311 e. The second-order valence-corrected chi connectivity index (χ2v) is 13.2. The lowest BCUT2D eigenvalue weighted by Crippen LogP contribution is -2.59. The van der Waals surface area contributed by atoms with Crippen LogP contribution in [0.25, 0.3) is 0 Å². The standard InChI is InChI=1S/C28H44N2O5S/c1-8-11-19(6)29(14-9-2)25(33)23-28-13-12-27(7,36-28)22(26(34)35-15-10-3)21(28)24(32)30(23)20(17-31)16-18(4)5/h9-10,18-23,31H,2-3,8,11-17H2,1,4-7H3/t19?,20-,21+,22+,23?,27-,28?/m1/s1. The minimum atomic E-state index is -0.741. The molecule has 202 valence electrons. The maximum absolute atomic E-state index is 14.5. The van der Waals surface area contributed by atoms with E-state index in [1.807, 2.05) is 32.6 Å². The Bertz CT molecular complexity index is 878. The molecule has 3 fully saturated rings. The zero-order chi connectivity index (χ0) is 26.8. The van der Waals surface area contributed by atoms with E-state index in [-0.39, 0.29) is 37.0 Å². The molecule has 0 aromatic heterocycles. The Morgan fingerprint density at radius 1 is 1.28 bits per heavy atom. The van der Waals surface area contributed by atoms with Crippen molar-refractivity contribution in [1.82, 2.24) is 9.80 Å². The molecule has 3 heterocycles. The predicted octanol–water partition coefficient (Wildman–Crippen LogP) is 3.81. The number of hydrogen-bond donors (Lipinski definition) is 1. The van der Waals surface area contributed by atoms with Crippen LogP contribution in [0.1, 0.15) is 66.7 Å². The minimum Gasteiger partial charge on any atom is -0.461 e. The van der Waals surface area contributed by atoms with E-state index in [0.717, 1.165) is 19.3 Å². The maximum atomic E-state index is 14.5. The van der Waals surface area contributed by atoms with Gasteiger partial charge in [0.25, 0.3) is 0 Å². The van der Waals surface area contributed by atoms with Crippen molar-refractivity contribution in [2.75, 3.05) is 19.8 Å². The maximum Gasteiger partial charge on any atom is 0.311 e. The number of carbonyl (C=O) groups is 3. The SMILES string of the molecule is C=CCOC(=O)[C@@H]1[C@H]2C(=O)N([C@@H](CO)CC(C)C)C(C(=O)N(CC=C)C(C)CCC)C23CC[C@@]1(C)S3. The Morgan fingerprint density at radius 2 is 1.97 bits per heavy atom. The molecule has 7 atom stereocenters. The van der Waals surface area contributed by atoms with Gasteiger partial charge in [0, 0.05) is 17.3 Å². The summed E-state index contributed by atoms with van der Waals surface area (Å²) in [7, 11) is 0. The van der Waals surface area contributed by atoms with Gasteiger partial charge in [-0.2, -0.15) is 0 Å². The average molecular weight is 521 g/mol. The highest BCUT2D eigenvalue weighted by Crippen LogP contribution is 2.71. The molecule has 3 unspecified atom stereocenters. The second-order valence-electron chi connectivity index (χ2n) is 11.3. The van der Waals surface area contributed by atoms with E-state index in [1.165, 1.54) is 6.08 Å². The molecule has 0 radical (unpaired) electrons. The molecule has 3 rings (SSSR count). The van der Waals surface area contributed by atoms with Crippen LogP contribution in [0.15, 0.2) is 25.3 Å². The fraction of sp³-hybridized carbons (Fsp3) is 0.750. The van der Waals surface area contributed by atoms with Gasteiger partial charge in [0.05, 0.1) is 29.2 Å². The summed E-state index contributed by atoms with van der Waals surface area (Å²) in [4.78, 5) is 45.5. The molecule has 2 amide bonds. The fourth-order valence-corrected chi connectivity index (χ4v) is 9.13. The van der Waals surface area contributed by atoms with Gasteiger partial charge in [-0.3, -0.25) is 14.4 Å². The molecular formula is C28H44N2O5S. The van der Waals surface area contributed by atoms with E-state index in [4.69, 9.17) is 4.74 Å². The molecule has 0 aliphatic carbocycles. The number of rotatable bonds is 13. The third-order valence-corrected chi connectivity index (χ3v) is 10.2. The minimum absolute atomic E-state index is 0.0156. The number of aliphatic hydroxyl groups excluding tert-OH is 1. The lowest BCUT2D eigenvalue weighted by Gasteiger charge is -2.41. The summed E-state index contributed by atoms with van der Waals surface area (Å²) in [5.41, 5.74) is 0. The number of hydrogen-bond acceptors (Lipinski definition) is 6. The molecular weight excluding hydrogens is 476 g/mol. The van der Waals surface area contributed by atoms with Gasteiger partial charge in [-0.1, -0.05) is 45.9 Å². The van der Waals surface area contributed by atoms with Gasteiger partial charge < -0.3 is 19.6 Å². The number of thioether (sulfide) groups is 1. The van der Waals surface area contributed by atoms with Crippen LogP contribution in [-0.2, 0) is 19.1 Å². The van der Waals surface area contributed by atoms with Crippen molar-refractivity contribution in [3.63, 3.8) is 0 Å². The van der Waals surface area contributed by atoms with Crippen LogP contribution in [0.5, 0.6) is 0 Å². The number of carbonyl (C=O) groups excluding carboxylic acids is 3. The van der Waals surface area contributed by atoms with Crippen molar-refractivity contribution in [2.45, 2.75) is 94.3 Å². The summed E-state index contributed by atoms with van der Waals surface area (Å²) in [5.74, 6) is -1.77. The number of aliphatic hydroxyl groups is 1. The summed E-state index contributed by atoms with van der Waals surface area (Å²) in [6.07, 6.45) is 7.01. The monoisotopic (exact) mass is 520 g/mol. The van der Waals surface area contributed by atoms with Crippen LogP contribution in [-0.4, -0.2) is 80.1 Å². The Hall–Kier alpha value is -1.80. The van der Waals surface area contributed by atoms with E-state index >= 15 is 0 Å². The Morgan fingerprint density at radius 3 is 2.53 bits per heavy atom. The highest BCUT2D eigenvalue weighted by molar-refractivity contribution is 8.02. The zero-order valence-electron chi connectivity index (χ0n) is 22.6. The normalized spacial score (nSPS) is 32.4. The van der Waals surface area contributed by atoms with Crippen LogP contribution >= 0.6 is 11.8 Å². The third kappa shape index (κ3) is 4.75. The molecule has 7 nitrogen and oxygen atoms in total. The molecule has 2 bridgehead atoms. The molecule has 8 heteroatoms. The van der Waals surface area contributed by atoms with Crippen LogP contribution in [0.4, 0.5) is 0 Å². The summed E-state index contributed by atoms with van der Waals surface area (Å²) in [5, 5.41) is 10.4. The lowest BCUT2D eigenvalue weighted by atomic mass is 9.66. The third-order valence-electron chi connectivity index (χ3n) is 8.24. The molecule has 0 aromatic carbocycles. The van der Waals surface area contributed by atoms with Crippen LogP contribution < -0.4 is 0 Å². The van der Waals surface area contributed by atoms with Crippen molar-refractivity contribution in [1.29, 1.82) is 0 Å². The van der Waals surface area contributed by atoms with Crippen molar-refractivity contribution in [3.05, 3.63) is 25.3 Å². The first kappa shape index (κ1) is 28.8. The number of amides is 2. The lowest BCUT2D eigenvalue weighted by molar-refractivity contribution is -0.155. The number of nitrogens with zero attached hydrogens (tertiary/aromatic N) is 2. The van der Waals surface area contributed by atoms with Gasteiger partial charge in [-0.25, -0.2) is 0 Å². The van der Waals surface area contributed by atoms with Gasteiger partial charge in [0.1, 0.15) is 12.6 Å². The van der Waals surface area contributed by atoms with E-state index in [1.54, 1.807) is 22.7 Å². The summed E-state index contributed by atoms with van der Waals surface area (Å²) >= 11 is 1.63. The number of esters is 1. The van der Waals surface area contributed by atoms with E-state index in [2.05, 4.69) is 20.1 Å². The Kier molecular flexibility index (Phi) is 9.03. The van der Waals surface area contributed by atoms with Gasteiger partial charge in [-0.15, -0.1) is 18.3 Å². The van der Waals surface area contributed by atoms with E-state index < -0.39 is 39.4 Å². The van der Waals surface area contributed by atoms with Crippen molar-refractivity contribution >= 4 is 29.5 Å². The molecule has 3 aliphatic heterocycles. The molecule has 3 aliphatic rings. The van der Waals surface area contributed by atoms with Crippen LogP contribution in [0.3, 0.4) is 0 Å². The van der Waals surface area contributed by atoms with Gasteiger partial charge in [0.2, 0.25) is 11.8 Å². The molecule has 1 N–H and O–H groups in total. The first-order chi connectivity index (χ1) is 17.0. The van der Waals surface area contributed by atoms with E-state index in [0.29, 0.717) is 19.4 Å². The largest absolute Gasteiger partial charge is 0.461 e. The Labute approximate surface area is 220 Å². The molecule has 1 spiro atoms. The number of ether oxygens (including phenoxy) is 1. The molecule has 0 saturated carbocycles. The summed E-state index contributed by atoms with van der Waals surface area (Å²) in [6.45, 7) is 18.0. The second kappa shape index (κ2) is 11.3. The summed E-state index contributed by atoms with van der Waals surface area (Å²) in [6, 6.07) is -1.25. The Balaban J connectivity index is 2.13. The van der Waals surface area contributed by atoms with Gasteiger partial charge in [-0.05, 0) is 45.4 Å². The average Bonchev–Trinajstić information content (AvgIpc) is 3.39. The highest BCUT2D eigenvalue weighted by atomic mass is 32.2. The fourth-order valence-electron chi connectivity index (χ4n) is 6.80. The van der Waals surface area contributed by atoms with Crippen LogP contribution in [0, 0.1) is 17.8 Å². The topological polar surface area (TPSA) is 87.1 Å². The van der Waals surface area contributed by atoms with Crippen molar-refractivity contribution in [3.8, 4) is 0 Å². The molecule has 36 heavy (non-hydrogen) atoms. The number of fused-ring (bicyclic) bond motifs is 1. The summed E-state index contributed by atoms with van der Waals surface area (Å²) < 4.78 is 4.28. The van der Waals surface area contributed by atoms with Crippen molar-refractivity contribution < 1.29 is 24.2 Å². The zero-order valence-corrected chi connectivity index (χ0v) is 23.4. The van der Waals surface area contributed by atoms with Gasteiger partial charge in [0.15, 0.2) is 0 Å². The van der Waals surface area contributed by atoms with E-state index in [9.17, 15) is 19.5 Å². The predicted molar refractivity (Wildman–Crippen MR) is 143 cm³/mol. The first-order valence-electron chi connectivity index (χ1n) is 13.3. The highest BCUT2D eigenvalue weighted by Gasteiger charge is 2.78.